The predicted molar refractivity (Wildman–Crippen MR) is 124 cm³/mol. The third-order valence-corrected chi connectivity index (χ3v) is 6.20. The molecule has 2 fully saturated rings. The fourth-order valence-electron chi connectivity index (χ4n) is 4.11. The van der Waals surface area contributed by atoms with E-state index in [9.17, 15) is 14.0 Å². The molecule has 1 aromatic heterocycles. The Hall–Kier alpha value is -3.27. The van der Waals surface area contributed by atoms with Crippen molar-refractivity contribution in [1.29, 1.82) is 0 Å². The van der Waals surface area contributed by atoms with Crippen LogP contribution in [0.5, 0.6) is 0 Å². The van der Waals surface area contributed by atoms with Crippen molar-refractivity contribution < 1.29 is 23.5 Å². The van der Waals surface area contributed by atoms with E-state index in [1.54, 1.807) is 18.3 Å². The fourth-order valence-corrected chi connectivity index (χ4v) is 4.11. The number of halogens is 1. The first-order chi connectivity index (χ1) is 16.3. The average Bonchev–Trinajstić information content (AvgIpc) is 3.21. The maximum Gasteiger partial charge on any atom is 0.415 e. The summed E-state index contributed by atoms with van der Waals surface area (Å²) < 4.78 is 25.3. The van der Waals surface area contributed by atoms with Crippen LogP contribution in [-0.2, 0) is 9.47 Å². The lowest BCUT2D eigenvalue weighted by Gasteiger charge is -2.24. The Morgan fingerprint density at radius 2 is 1.97 bits per heavy atom. The van der Waals surface area contributed by atoms with Gasteiger partial charge < -0.3 is 20.1 Å². The Morgan fingerprint density at radius 1 is 1.21 bits per heavy atom. The van der Waals surface area contributed by atoms with Crippen LogP contribution < -0.4 is 15.5 Å². The average molecular weight is 472 g/mol. The molecule has 2 aliphatic heterocycles. The van der Waals surface area contributed by atoms with Crippen molar-refractivity contribution in [2.45, 2.75) is 51.7 Å². The number of carbonyl (C=O) groups excluding carboxylic acids is 2. The minimum absolute atomic E-state index is 0.00600. The molecule has 4 rings (SSSR count). The number of nitrogens with zero attached hydrogens (tertiary/aromatic N) is 3. The lowest BCUT2D eigenvalue weighted by molar-refractivity contribution is 0.0694. The van der Waals surface area contributed by atoms with E-state index in [1.165, 1.54) is 17.0 Å². The number of carbonyl (C=O) groups is 2. The molecule has 34 heavy (non-hydrogen) atoms. The van der Waals surface area contributed by atoms with Crippen LogP contribution in [0.15, 0.2) is 30.5 Å². The van der Waals surface area contributed by atoms with E-state index < -0.39 is 17.8 Å². The van der Waals surface area contributed by atoms with Gasteiger partial charge in [-0.05, 0) is 49.4 Å². The monoisotopic (exact) mass is 471 g/mol. The Labute approximate surface area is 198 Å². The Morgan fingerprint density at radius 3 is 2.68 bits per heavy atom. The van der Waals surface area contributed by atoms with Gasteiger partial charge in [0.15, 0.2) is 0 Å². The molecule has 0 bridgehead atoms. The molecule has 10 heteroatoms. The molecule has 2 aromatic rings. The molecule has 2 amide bonds. The summed E-state index contributed by atoms with van der Waals surface area (Å²) >= 11 is 0. The molecule has 2 aliphatic rings. The highest BCUT2D eigenvalue weighted by molar-refractivity contribution is 5.94. The molecule has 182 valence electrons. The normalized spacial score (nSPS) is 19.7. The molecular weight excluding hydrogens is 441 g/mol. The van der Waals surface area contributed by atoms with Crippen LogP contribution in [0.1, 0.15) is 55.6 Å². The number of ether oxygens (including phenoxy) is 2. The molecule has 0 saturated carbocycles. The number of nitrogens with one attached hydrogen (secondary N) is 2. The molecule has 3 heterocycles. The first kappa shape index (κ1) is 23.9. The van der Waals surface area contributed by atoms with Gasteiger partial charge in [0.25, 0.3) is 5.91 Å². The minimum atomic E-state index is -0.593. The van der Waals surface area contributed by atoms with Crippen LogP contribution in [0.4, 0.5) is 21.0 Å². The first-order valence-electron chi connectivity index (χ1n) is 11.6. The SMILES string of the molecule is CC(Nc1nccc(N2C(=O)OCC2C(C)C)n1)c1ccc(C(=O)NC2CCOCC2)c(F)c1. The van der Waals surface area contributed by atoms with E-state index in [4.69, 9.17) is 9.47 Å². The summed E-state index contributed by atoms with van der Waals surface area (Å²) in [5.74, 6) is -0.0807. The highest BCUT2D eigenvalue weighted by atomic mass is 19.1. The quantitative estimate of drug-likeness (QED) is 0.635. The summed E-state index contributed by atoms with van der Waals surface area (Å²) in [5.41, 5.74) is 0.641. The highest BCUT2D eigenvalue weighted by Crippen LogP contribution is 2.27. The third-order valence-electron chi connectivity index (χ3n) is 6.20. The Bertz CT molecular complexity index is 1040. The predicted octanol–water partition coefficient (Wildman–Crippen LogP) is 3.68. The van der Waals surface area contributed by atoms with Gasteiger partial charge in [0, 0.05) is 25.5 Å². The second kappa shape index (κ2) is 10.3. The van der Waals surface area contributed by atoms with E-state index in [-0.39, 0.29) is 29.6 Å². The van der Waals surface area contributed by atoms with Crippen LogP contribution in [-0.4, -0.2) is 53.9 Å². The molecule has 2 unspecified atom stereocenters. The van der Waals surface area contributed by atoms with Crippen molar-refractivity contribution in [1.82, 2.24) is 15.3 Å². The number of rotatable bonds is 7. The van der Waals surface area contributed by atoms with Gasteiger partial charge >= 0.3 is 6.09 Å². The van der Waals surface area contributed by atoms with E-state index >= 15 is 0 Å². The van der Waals surface area contributed by atoms with Gasteiger partial charge in [-0.2, -0.15) is 4.98 Å². The molecule has 1 aromatic carbocycles. The molecule has 0 radical (unpaired) electrons. The number of hydrogen-bond acceptors (Lipinski definition) is 7. The molecule has 0 spiro atoms. The van der Waals surface area contributed by atoms with Crippen LogP contribution in [0, 0.1) is 11.7 Å². The van der Waals surface area contributed by atoms with Gasteiger partial charge in [0.1, 0.15) is 18.2 Å². The number of cyclic esters (lactones) is 1. The zero-order chi connectivity index (χ0) is 24.2. The maximum absolute atomic E-state index is 14.8. The van der Waals surface area contributed by atoms with E-state index in [0.29, 0.717) is 37.2 Å². The van der Waals surface area contributed by atoms with Crippen molar-refractivity contribution in [2.75, 3.05) is 30.0 Å². The summed E-state index contributed by atoms with van der Waals surface area (Å²) in [4.78, 5) is 35.0. The second-order valence-corrected chi connectivity index (χ2v) is 8.96. The smallest absolute Gasteiger partial charge is 0.415 e. The van der Waals surface area contributed by atoms with Crippen molar-refractivity contribution in [3.8, 4) is 0 Å². The van der Waals surface area contributed by atoms with Gasteiger partial charge in [-0.15, -0.1) is 0 Å². The lowest BCUT2D eigenvalue weighted by Crippen LogP contribution is -2.39. The summed E-state index contributed by atoms with van der Waals surface area (Å²) in [6.45, 7) is 7.38. The summed E-state index contributed by atoms with van der Waals surface area (Å²) in [5, 5.41) is 6.02. The number of amides is 2. The Kier molecular flexibility index (Phi) is 7.26. The van der Waals surface area contributed by atoms with Crippen molar-refractivity contribution in [3.63, 3.8) is 0 Å². The van der Waals surface area contributed by atoms with Gasteiger partial charge in [-0.1, -0.05) is 19.9 Å². The van der Waals surface area contributed by atoms with Crippen LogP contribution in [0.2, 0.25) is 0 Å². The standard InChI is InChI=1S/C24H30FN5O4/c1-14(2)20-13-34-24(32)30(20)21-6-9-26-23(29-21)27-15(3)16-4-5-18(19(25)12-16)22(31)28-17-7-10-33-11-8-17/h4-6,9,12,14-15,17,20H,7-8,10-11,13H2,1-3H3,(H,28,31)(H,26,27,29). The molecule has 2 atom stereocenters. The van der Waals surface area contributed by atoms with Crippen LogP contribution in [0.3, 0.4) is 0 Å². The molecule has 0 aliphatic carbocycles. The van der Waals surface area contributed by atoms with Gasteiger partial charge in [0.2, 0.25) is 5.95 Å². The molecule has 2 N–H and O–H groups in total. The van der Waals surface area contributed by atoms with Crippen molar-refractivity contribution in [2.24, 2.45) is 5.92 Å². The lowest BCUT2D eigenvalue weighted by atomic mass is 10.0. The summed E-state index contributed by atoms with van der Waals surface area (Å²) in [6, 6.07) is 5.73. The summed E-state index contributed by atoms with van der Waals surface area (Å²) in [6.07, 6.45) is 2.56. The maximum atomic E-state index is 14.8. The zero-order valence-electron chi connectivity index (χ0n) is 19.6. The molecule has 2 saturated heterocycles. The van der Waals surface area contributed by atoms with E-state index in [0.717, 1.165) is 12.8 Å². The topological polar surface area (TPSA) is 106 Å². The van der Waals surface area contributed by atoms with Crippen LogP contribution in [0.25, 0.3) is 0 Å². The Balaban J connectivity index is 1.44. The van der Waals surface area contributed by atoms with Gasteiger partial charge in [-0.25, -0.2) is 14.2 Å². The highest BCUT2D eigenvalue weighted by Gasteiger charge is 2.37. The summed E-state index contributed by atoms with van der Waals surface area (Å²) in [7, 11) is 0. The fraction of sp³-hybridized carbons (Fsp3) is 0.500. The van der Waals surface area contributed by atoms with Gasteiger partial charge in [0.05, 0.1) is 17.6 Å². The largest absolute Gasteiger partial charge is 0.447 e. The number of aromatic nitrogens is 2. The first-order valence-corrected chi connectivity index (χ1v) is 11.6. The van der Waals surface area contributed by atoms with E-state index in [1.807, 2.05) is 20.8 Å². The second-order valence-electron chi connectivity index (χ2n) is 8.96. The molecular formula is C24H30FN5O4. The minimum Gasteiger partial charge on any atom is -0.447 e. The van der Waals surface area contributed by atoms with Crippen molar-refractivity contribution >= 4 is 23.8 Å². The third kappa shape index (κ3) is 5.27. The number of benzene rings is 1. The van der Waals surface area contributed by atoms with Crippen molar-refractivity contribution in [3.05, 3.63) is 47.4 Å². The molecule has 9 nitrogen and oxygen atoms in total. The van der Waals surface area contributed by atoms with Crippen LogP contribution >= 0.6 is 0 Å². The van der Waals surface area contributed by atoms with Gasteiger partial charge in [-0.3, -0.25) is 9.69 Å². The number of hydrogen-bond donors (Lipinski definition) is 2. The number of anilines is 2. The van der Waals surface area contributed by atoms with E-state index in [2.05, 4.69) is 20.6 Å². The zero-order valence-corrected chi connectivity index (χ0v) is 19.6.